The minimum atomic E-state index is 1.03. The van der Waals surface area contributed by atoms with E-state index >= 15 is 0 Å². The third-order valence-corrected chi connectivity index (χ3v) is 5.63. The molecule has 0 aliphatic rings. The van der Waals surface area contributed by atoms with E-state index in [0.717, 1.165) is 6.42 Å². The predicted molar refractivity (Wildman–Crippen MR) is 220 cm³/mol. The van der Waals surface area contributed by atoms with E-state index in [1.54, 1.807) is 0 Å². The van der Waals surface area contributed by atoms with E-state index in [9.17, 15) is 0 Å². The quantitative estimate of drug-likeness (QED) is 0.182. The normalized spacial score (nSPS) is 8.09. The maximum absolute atomic E-state index is 2.16. The second kappa shape index (κ2) is 37.8. The van der Waals surface area contributed by atoms with Crippen LogP contribution in [0.25, 0.3) is 21.9 Å². The van der Waals surface area contributed by atoms with Gasteiger partial charge in [-0.15, -0.1) is 0 Å². The first-order valence-electron chi connectivity index (χ1n) is 18.0. The number of rotatable bonds is 3. The van der Waals surface area contributed by atoms with Gasteiger partial charge < -0.3 is 0 Å². The van der Waals surface area contributed by atoms with E-state index in [1.165, 1.54) is 33.0 Å². The molecule has 0 saturated carbocycles. The Morgan fingerprint density at radius 3 is 0.660 bits per heavy atom. The van der Waals surface area contributed by atoms with E-state index in [0.29, 0.717) is 0 Å². The van der Waals surface area contributed by atoms with Crippen LogP contribution >= 0.6 is 0 Å². The summed E-state index contributed by atoms with van der Waals surface area (Å²) in [5.41, 5.74) is 5.29. The first-order chi connectivity index (χ1) is 23.4. The second-order valence-electron chi connectivity index (χ2n) is 8.23. The highest BCUT2D eigenvalue weighted by Crippen LogP contribution is 2.17. The fourth-order valence-electron chi connectivity index (χ4n) is 3.82. The number of hydrogen-bond donors (Lipinski definition) is 0. The maximum atomic E-state index is 2.16. The predicted octanol–water partition coefficient (Wildman–Crippen LogP) is 15.6. The number of hydrogen-bond acceptors (Lipinski definition) is 0. The molecule has 6 aromatic carbocycles. The van der Waals surface area contributed by atoms with Crippen LogP contribution in [0, 0.1) is 0 Å². The Hall–Kier alpha value is -4.42. The lowest BCUT2D eigenvalue weighted by Crippen LogP contribution is -1.85. The lowest BCUT2D eigenvalue weighted by molar-refractivity contribution is 1.19. The Bertz CT molecular complexity index is 1230. The van der Waals surface area contributed by atoms with Crippen molar-refractivity contribution in [3.63, 3.8) is 0 Å². The van der Waals surface area contributed by atoms with Crippen molar-refractivity contribution in [2.24, 2.45) is 0 Å². The Morgan fingerprint density at radius 1 is 0.234 bits per heavy atom. The Morgan fingerprint density at radius 2 is 0.426 bits per heavy atom. The van der Waals surface area contributed by atoms with Crippen molar-refractivity contribution in [1.29, 1.82) is 0 Å². The summed E-state index contributed by atoms with van der Waals surface area (Å²) in [6.45, 7) is 24.0. The van der Waals surface area contributed by atoms with E-state index < -0.39 is 0 Å². The standard InChI is InChI=1S/C13H12.C12H10.C10H8.6C2H6/c1-3-7-12(8-4-1)11-13-9-5-2-6-10-13;1-3-7-11(8-4-1)12-9-5-2-6-10-12;1-2-6-10-8-4-3-7-9(10)5-1;6*1-2/h1-10H,11H2;1-10H;1-8H;6*1-2H3. The first-order valence-corrected chi connectivity index (χ1v) is 18.0. The minimum Gasteiger partial charge on any atom is -0.0683 e. The molecule has 0 fully saturated rings. The van der Waals surface area contributed by atoms with E-state index in [1.807, 2.05) is 95.2 Å². The van der Waals surface area contributed by atoms with Gasteiger partial charge in [-0.05, 0) is 39.4 Å². The largest absolute Gasteiger partial charge is 0.0683 e. The van der Waals surface area contributed by atoms with Crippen LogP contribution in [0.3, 0.4) is 0 Å². The summed E-state index contributed by atoms with van der Waals surface area (Å²) < 4.78 is 0. The van der Waals surface area contributed by atoms with Gasteiger partial charge in [0.05, 0.1) is 0 Å². The van der Waals surface area contributed by atoms with Crippen molar-refractivity contribution in [2.45, 2.75) is 89.5 Å². The zero-order valence-electron chi connectivity index (χ0n) is 31.9. The zero-order chi connectivity index (χ0) is 36.0. The smallest absolute Gasteiger partial charge is 0.00258 e. The van der Waals surface area contributed by atoms with Gasteiger partial charge in [-0.3, -0.25) is 0 Å². The monoisotopic (exact) mass is 631 g/mol. The molecule has 0 amide bonds. The Labute approximate surface area is 291 Å². The van der Waals surface area contributed by atoms with Crippen molar-refractivity contribution in [3.05, 3.63) is 181 Å². The second-order valence-corrected chi connectivity index (χ2v) is 8.23. The first kappa shape index (κ1) is 47.0. The van der Waals surface area contributed by atoms with Gasteiger partial charge in [0, 0.05) is 0 Å². The molecule has 6 rings (SSSR count). The van der Waals surface area contributed by atoms with Crippen molar-refractivity contribution in [2.75, 3.05) is 0 Å². The summed E-state index contributed by atoms with van der Waals surface area (Å²) in [6.07, 6.45) is 1.03. The minimum absolute atomic E-state index is 1.03. The molecular weight excluding hydrogens is 565 g/mol. The molecule has 6 aromatic rings. The van der Waals surface area contributed by atoms with Gasteiger partial charge in [0.15, 0.2) is 0 Å². The highest BCUT2D eigenvalue weighted by molar-refractivity contribution is 5.82. The van der Waals surface area contributed by atoms with E-state index in [4.69, 9.17) is 0 Å². The van der Waals surface area contributed by atoms with Gasteiger partial charge in [0.25, 0.3) is 0 Å². The summed E-state index contributed by atoms with van der Waals surface area (Å²) in [5, 5.41) is 2.62. The molecule has 0 heteroatoms. The van der Waals surface area contributed by atoms with Crippen molar-refractivity contribution in [3.8, 4) is 11.1 Å². The molecular formula is C47H66. The van der Waals surface area contributed by atoms with Crippen LogP contribution in [0.2, 0.25) is 0 Å². The van der Waals surface area contributed by atoms with Crippen molar-refractivity contribution >= 4 is 10.8 Å². The third kappa shape index (κ3) is 22.7. The summed E-state index contributed by atoms with van der Waals surface area (Å²) in [6, 6.07) is 58.6. The van der Waals surface area contributed by atoms with Crippen LogP contribution in [0.15, 0.2) is 170 Å². The fraction of sp³-hybridized carbons (Fsp3) is 0.277. The Kier molecular flexibility index (Phi) is 37.8. The topological polar surface area (TPSA) is 0 Å². The van der Waals surface area contributed by atoms with Crippen LogP contribution in [0.1, 0.15) is 94.2 Å². The van der Waals surface area contributed by atoms with Crippen LogP contribution < -0.4 is 0 Å². The SMILES string of the molecule is CC.CC.CC.CC.CC.CC.c1ccc(-c2ccccc2)cc1.c1ccc(Cc2ccccc2)cc1.c1ccc2ccccc2c1. The molecule has 0 heterocycles. The average Bonchev–Trinajstić information content (AvgIpc) is 3.21. The zero-order valence-corrected chi connectivity index (χ0v) is 31.9. The molecule has 0 aliphatic heterocycles. The van der Waals surface area contributed by atoms with Gasteiger partial charge in [-0.1, -0.05) is 253 Å². The van der Waals surface area contributed by atoms with Crippen LogP contribution in [-0.2, 0) is 6.42 Å². The summed E-state index contributed by atoms with van der Waals surface area (Å²) in [5.74, 6) is 0. The van der Waals surface area contributed by atoms with Crippen LogP contribution in [0.5, 0.6) is 0 Å². The lowest BCUT2D eigenvalue weighted by Gasteiger charge is -2.00. The summed E-state index contributed by atoms with van der Waals surface area (Å²) in [7, 11) is 0. The molecule has 0 spiro atoms. The van der Waals surface area contributed by atoms with Crippen LogP contribution in [-0.4, -0.2) is 0 Å². The highest BCUT2D eigenvalue weighted by Gasteiger charge is 1.93. The van der Waals surface area contributed by atoms with E-state index in [2.05, 4.69) is 158 Å². The lowest BCUT2D eigenvalue weighted by atomic mass is 10.1. The molecule has 0 unspecified atom stereocenters. The molecule has 254 valence electrons. The van der Waals surface area contributed by atoms with Gasteiger partial charge in [0.2, 0.25) is 0 Å². The molecule has 0 atom stereocenters. The van der Waals surface area contributed by atoms with Crippen molar-refractivity contribution < 1.29 is 0 Å². The molecule has 0 N–H and O–H groups in total. The Balaban J connectivity index is -0.000000534. The third-order valence-electron chi connectivity index (χ3n) is 5.63. The van der Waals surface area contributed by atoms with Gasteiger partial charge in [-0.25, -0.2) is 0 Å². The fourth-order valence-corrected chi connectivity index (χ4v) is 3.82. The van der Waals surface area contributed by atoms with Crippen LogP contribution in [0.4, 0.5) is 0 Å². The summed E-state index contributed by atoms with van der Waals surface area (Å²) >= 11 is 0. The highest BCUT2D eigenvalue weighted by atomic mass is 14.0. The summed E-state index contributed by atoms with van der Waals surface area (Å²) in [4.78, 5) is 0. The van der Waals surface area contributed by atoms with Crippen molar-refractivity contribution in [1.82, 2.24) is 0 Å². The molecule has 0 nitrogen and oxygen atoms in total. The molecule has 0 saturated heterocycles. The molecule has 0 radical (unpaired) electrons. The number of benzene rings is 6. The van der Waals surface area contributed by atoms with Gasteiger partial charge >= 0.3 is 0 Å². The van der Waals surface area contributed by atoms with Gasteiger partial charge in [0.1, 0.15) is 0 Å². The average molecular weight is 631 g/mol. The maximum Gasteiger partial charge on any atom is -0.00258 e. The van der Waals surface area contributed by atoms with E-state index in [-0.39, 0.29) is 0 Å². The number of fused-ring (bicyclic) bond motifs is 1. The molecule has 0 bridgehead atoms. The molecule has 0 aliphatic carbocycles. The molecule has 0 aromatic heterocycles. The molecule has 47 heavy (non-hydrogen) atoms. The van der Waals surface area contributed by atoms with Gasteiger partial charge in [-0.2, -0.15) is 0 Å².